The van der Waals surface area contributed by atoms with Crippen LogP contribution in [0.1, 0.15) is 12.8 Å². The van der Waals surface area contributed by atoms with Crippen molar-refractivity contribution >= 4 is 12.0 Å². The average molecular weight is 201 g/mol. The van der Waals surface area contributed by atoms with Crippen molar-refractivity contribution in [2.45, 2.75) is 18.9 Å². The van der Waals surface area contributed by atoms with Gasteiger partial charge in [0.2, 0.25) is 5.91 Å². The monoisotopic (exact) mass is 201 g/mol. The van der Waals surface area contributed by atoms with E-state index in [1.54, 1.807) is 0 Å². The normalized spacial score (nSPS) is 20.4. The van der Waals surface area contributed by atoms with E-state index in [1.165, 1.54) is 0 Å². The molecule has 1 rings (SSSR count). The predicted octanol–water partition coefficient (Wildman–Crippen LogP) is -1.05. The zero-order valence-electron chi connectivity index (χ0n) is 7.91. The Morgan fingerprint density at radius 3 is 2.93 bits per heavy atom. The zero-order chi connectivity index (χ0) is 10.4. The molecule has 6 nitrogen and oxygen atoms in total. The van der Waals surface area contributed by atoms with Gasteiger partial charge in [0.05, 0.1) is 12.6 Å². The molecule has 4 N–H and O–H groups in total. The van der Waals surface area contributed by atoms with Gasteiger partial charge < -0.3 is 21.1 Å². The molecule has 0 bridgehead atoms. The maximum atomic E-state index is 11.3. The highest BCUT2D eigenvalue weighted by Crippen LogP contribution is 2.03. The number of nitrogens with two attached hydrogens (primary N) is 1. The van der Waals surface area contributed by atoms with E-state index in [4.69, 9.17) is 5.73 Å². The van der Waals surface area contributed by atoms with Gasteiger partial charge in [0.1, 0.15) is 6.61 Å². The summed E-state index contributed by atoms with van der Waals surface area (Å²) in [4.78, 5) is 21.5. The number of nitrogens with one attached hydrogen (secondary N) is 2. The first-order chi connectivity index (χ1) is 6.70. The summed E-state index contributed by atoms with van der Waals surface area (Å²) in [6.45, 7) is 1.31. The van der Waals surface area contributed by atoms with Crippen molar-refractivity contribution in [3.05, 3.63) is 0 Å². The van der Waals surface area contributed by atoms with Gasteiger partial charge >= 0.3 is 6.09 Å². The molecule has 0 aromatic heterocycles. The van der Waals surface area contributed by atoms with Crippen LogP contribution in [-0.2, 0) is 9.53 Å². The molecule has 1 heterocycles. The lowest BCUT2D eigenvalue weighted by Crippen LogP contribution is -2.41. The fraction of sp³-hybridized carbons (Fsp3) is 0.750. The Labute approximate surface area is 82.2 Å². The van der Waals surface area contributed by atoms with Crippen LogP contribution in [-0.4, -0.2) is 37.7 Å². The molecule has 6 heteroatoms. The minimum Gasteiger partial charge on any atom is -0.448 e. The maximum absolute atomic E-state index is 11.3. The quantitative estimate of drug-likeness (QED) is 0.506. The van der Waals surface area contributed by atoms with Crippen LogP contribution in [0.15, 0.2) is 0 Å². The standard InChI is InChI=1S/C8H15N3O3/c9-8(13)14-5-4-11-7(12)6-2-1-3-10-6/h6,10H,1-5H2,(H2,9,13)(H,11,12). The van der Waals surface area contributed by atoms with Crippen LogP contribution >= 0.6 is 0 Å². The highest BCUT2D eigenvalue weighted by Gasteiger charge is 2.21. The third-order valence-corrected chi connectivity index (χ3v) is 2.02. The highest BCUT2D eigenvalue weighted by molar-refractivity contribution is 5.81. The average Bonchev–Trinajstić information content (AvgIpc) is 2.64. The largest absolute Gasteiger partial charge is 0.448 e. The SMILES string of the molecule is NC(=O)OCCNC(=O)C1CCCN1. The molecular formula is C8H15N3O3. The van der Waals surface area contributed by atoms with E-state index in [1.807, 2.05) is 0 Å². The Balaban J connectivity index is 2.05. The van der Waals surface area contributed by atoms with Gasteiger partial charge in [0.25, 0.3) is 0 Å². The molecule has 80 valence electrons. The van der Waals surface area contributed by atoms with Crippen molar-refractivity contribution in [3.63, 3.8) is 0 Å². The fourth-order valence-corrected chi connectivity index (χ4v) is 1.36. The molecule has 0 radical (unpaired) electrons. The summed E-state index contributed by atoms with van der Waals surface area (Å²) in [6.07, 6.45) is 1.07. The lowest BCUT2D eigenvalue weighted by molar-refractivity contribution is -0.122. The first-order valence-electron chi connectivity index (χ1n) is 4.63. The number of rotatable bonds is 4. The van der Waals surface area contributed by atoms with Crippen LogP contribution < -0.4 is 16.4 Å². The van der Waals surface area contributed by atoms with Crippen molar-refractivity contribution < 1.29 is 14.3 Å². The zero-order valence-corrected chi connectivity index (χ0v) is 7.91. The molecule has 0 aromatic rings. The summed E-state index contributed by atoms with van der Waals surface area (Å²) in [6, 6.07) is -0.0939. The molecule has 1 saturated heterocycles. The van der Waals surface area contributed by atoms with Gasteiger partial charge in [-0.15, -0.1) is 0 Å². The Morgan fingerprint density at radius 2 is 2.36 bits per heavy atom. The van der Waals surface area contributed by atoms with Gasteiger partial charge in [-0.3, -0.25) is 4.79 Å². The fourth-order valence-electron chi connectivity index (χ4n) is 1.36. The maximum Gasteiger partial charge on any atom is 0.404 e. The van der Waals surface area contributed by atoms with E-state index in [2.05, 4.69) is 15.4 Å². The second-order valence-electron chi connectivity index (χ2n) is 3.11. The third-order valence-electron chi connectivity index (χ3n) is 2.02. The molecule has 1 atom stereocenters. The number of hydrogen-bond donors (Lipinski definition) is 3. The summed E-state index contributed by atoms with van der Waals surface area (Å²) in [5.74, 6) is -0.0458. The molecule has 14 heavy (non-hydrogen) atoms. The van der Waals surface area contributed by atoms with E-state index < -0.39 is 6.09 Å². The number of carbonyl (C=O) groups is 2. The van der Waals surface area contributed by atoms with Gasteiger partial charge in [-0.25, -0.2) is 4.79 Å². The molecule has 0 aromatic carbocycles. The smallest absolute Gasteiger partial charge is 0.404 e. The Bertz CT molecular complexity index is 214. The van der Waals surface area contributed by atoms with E-state index >= 15 is 0 Å². The van der Waals surface area contributed by atoms with E-state index in [0.29, 0.717) is 6.54 Å². The van der Waals surface area contributed by atoms with Crippen LogP contribution in [0, 0.1) is 0 Å². The van der Waals surface area contributed by atoms with Crippen molar-refractivity contribution in [3.8, 4) is 0 Å². The van der Waals surface area contributed by atoms with Gasteiger partial charge in [-0.2, -0.15) is 0 Å². The van der Waals surface area contributed by atoms with Crippen molar-refractivity contribution in [1.29, 1.82) is 0 Å². The second-order valence-corrected chi connectivity index (χ2v) is 3.11. The van der Waals surface area contributed by atoms with E-state index in [9.17, 15) is 9.59 Å². The summed E-state index contributed by atoms with van der Waals surface area (Å²) >= 11 is 0. The molecule has 0 spiro atoms. The van der Waals surface area contributed by atoms with Crippen LogP contribution in [0.5, 0.6) is 0 Å². The summed E-state index contributed by atoms with van der Waals surface area (Å²) in [5.41, 5.74) is 4.75. The summed E-state index contributed by atoms with van der Waals surface area (Å²) < 4.78 is 4.46. The Kier molecular flexibility index (Phi) is 4.18. The number of ether oxygens (including phenoxy) is 1. The second kappa shape index (κ2) is 5.43. The molecule has 1 aliphatic rings. The highest BCUT2D eigenvalue weighted by atomic mass is 16.5. The van der Waals surface area contributed by atoms with Crippen molar-refractivity contribution in [1.82, 2.24) is 10.6 Å². The van der Waals surface area contributed by atoms with E-state index in [-0.39, 0.29) is 18.6 Å². The van der Waals surface area contributed by atoms with Gasteiger partial charge in [0.15, 0.2) is 0 Å². The molecule has 1 unspecified atom stereocenters. The number of hydrogen-bond acceptors (Lipinski definition) is 4. The Hall–Kier alpha value is -1.30. The first-order valence-corrected chi connectivity index (χ1v) is 4.63. The molecule has 1 aliphatic heterocycles. The summed E-state index contributed by atoms with van der Waals surface area (Å²) in [5, 5.41) is 5.71. The molecule has 0 saturated carbocycles. The third kappa shape index (κ3) is 3.61. The summed E-state index contributed by atoms with van der Waals surface area (Å²) in [7, 11) is 0. The van der Waals surface area contributed by atoms with E-state index in [0.717, 1.165) is 19.4 Å². The lowest BCUT2D eigenvalue weighted by atomic mass is 10.2. The van der Waals surface area contributed by atoms with Crippen LogP contribution in [0.4, 0.5) is 4.79 Å². The van der Waals surface area contributed by atoms with Gasteiger partial charge in [-0.05, 0) is 19.4 Å². The van der Waals surface area contributed by atoms with Crippen LogP contribution in [0.3, 0.4) is 0 Å². The lowest BCUT2D eigenvalue weighted by Gasteiger charge is -2.10. The first kappa shape index (κ1) is 10.8. The number of carbonyl (C=O) groups excluding carboxylic acids is 2. The molecular weight excluding hydrogens is 186 g/mol. The molecule has 1 fully saturated rings. The van der Waals surface area contributed by atoms with Crippen molar-refractivity contribution in [2.24, 2.45) is 5.73 Å². The van der Waals surface area contributed by atoms with Crippen molar-refractivity contribution in [2.75, 3.05) is 19.7 Å². The Morgan fingerprint density at radius 1 is 1.57 bits per heavy atom. The molecule has 2 amide bonds. The van der Waals surface area contributed by atoms with Gasteiger partial charge in [0, 0.05) is 0 Å². The minimum atomic E-state index is -0.821. The minimum absolute atomic E-state index is 0.0458. The predicted molar refractivity (Wildman–Crippen MR) is 49.6 cm³/mol. The number of amides is 2. The van der Waals surface area contributed by atoms with Gasteiger partial charge in [-0.1, -0.05) is 0 Å². The topological polar surface area (TPSA) is 93.5 Å². The van der Waals surface area contributed by atoms with Crippen LogP contribution in [0.2, 0.25) is 0 Å². The van der Waals surface area contributed by atoms with Crippen LogP contribution in [0.25, 0.3) is 0 Å². The molecule has 0 aliphatic carbocycles. The number of primary amides is 1.